The first-order valence-corrected chi connectivity index (χ1v) is 5.76. The molecule has 17 heavy (non-hydrogen) atoms. The minimum Gasteiger partial charge on any atom is -0.357 e. The summed E-state index contributed by atoms with van der Waals surface area (Å²) in [6.45, 7) is 7.66. The predicted molar refractivity (Wildman–Crippen MR) is 70.9 cm³/mol. The molecule has 0 bridgehead atoms. The van der Waals surface area contributed by atoms with Gasteiger partial charge in [-0.05, 0) is 34.0 Å². The van der Waals surface area contributed by atoms with Crippen LogP contribution in [0.5, 0.6) is 0 Å². The molecule has 0 aliphatic carbocycles. The summed E-state index contributed by atoms with van der Waals surface area (Å²) < 4.78 is 5.87. The Bertz CT molecular complexity index is 545. The van der Waals surface area contributed by atoms with Crippen LogP contribution in [0.2, 0.25) is 0 Å². The second kappa shape index (κ2) is 3.86. The van der Waals surface area contributed by atoms with Crippen LogP contribution >= 0.6 is 0 Å². The molecular formula is C16H14O. The van der Waals surface area contributed by atoms with Crippen molar-refractivity contribution >= 4 is 10.8 Å². The van der Waals surface area contributed by atoms with E-state index in [0.29, 0.717) is 0 Å². The molecular weight excluding hydrogens is 208 g/mol. The van der Waals surface area contributed by atoms with Gasteiger partial charge in [-0.1, -0.05) is 36.4 Å². The Balaban J connectivity index is 2.27. The summed E-state index contributed by atoms with van der Waals surface area (Å²) in [7, 11) is 0. The van der Waals surface area contributed by atoms with Gasteiger partial charge in [0.25, 0.3) is 0 Å². The molecule has 0 aromatic heterocycles. The van der Waals surface area contributed by atoms with E-state index in [9.17, 15) is 0 Å². The van der Waals surface area contributed by atoms with Crippen LogP contribution in [-0.2, 0) is 4.74 Å². The van der Waals surface area contributed by atoms with E-state index in [-0.39, 0.29) is 12.2 Å². The molecule has 3 rings (SSSR count). The molecule has 1 heteroatoms. The maximum absolute atomic E-state index is 5.87. The molecule has 1 aliphatic rings. The van der Waals surface area contributed by atoms with Gasteiger partial charge in [0, 0.05) is 0 Å². The molecule has 0 N–H and O–H groups in total. The summed E-state index contributed by atoms with van der Waals surface area (Å²) in [5.41, 5.74) is 2.42. The van der Waals surface area contributed by atoms with Crippen LogP contribution in [0.25, 0.3) is 10.8 Å². The third-order valence-corrected chi connectivity index (χ3v) is 3.29. The zero-order chi connectivity index (χ0) is 11.8. The van der Waals surface area contributed by atoms with Crippen molar-refractivity contribution < 1.29 is 4.74 Å². The van der Waals surface area contributed by atoms with E-state index in [2.05, 4.69) is 49.6 Å². The van der Waals surface area contributed by atoms with Crippen molar-refractivity contribution in [1.29, 1.82) is 0 Å². The van der Waals surface area contributed by atoms with Crippen LogP contribution < -0.4 is 0 Å². The number of rotatable bonds is 2. The fourth-order valence-electron chi connectivity index (χ4n) is 2.44. The molecule has 1 heterocycles. The van der Waals surface area contributed by atoms with E-state index in [4.69, 9.17) is 4.74 Å². The molecule has 1 aliphatic heterocycles. The molecule has 0 amide bonds. The Morgan fingerprint density at radius 1 is 0.882 bits per heavy atom. The van der Waals surface area contributed by atoms with E-state index in [0.717, 1.165) is 0 Å². The quantitative estimate of drug-likeness (QED) is 0.687. The zero-order valence-electron chi connectivity index (χ0n) is 9.60. The summed E-state index contributed by atoms with van der Waals surface area (Å²) in [6, 6.07) is 12.7. The summed E-state index contributed by atoms with van der Waals surface area (Å²) in [6.07, 6.45) is 3.66. The number of ether oxygens (including phenoxy) is 1. The van der Waals surface area contributed by atoms with Crippen molar-refractivity contribution in [2.45, 2.75) is 12.2 Å². The smallest absolute Gasteiger partial charge is 0.102 e. The number of hydrogen-bond acceptors (Lipinski definition) is 1. The Morgan fingerprint density at radius 3 is 1.76 bits per heavy atom. The molecule has 2 aromatic rings. The number of fused-ring (bicyclic) bond motifs is 2. The van der Waals surface area contributed by atoms with E-state index in [1.807, 2.05) is 12.2 Å². The monoisotopic (exact) mass is 222 g/mol. The average Bonchev–Trinajstić information content (AvgIpc) is 2.73. The molecule has 0 spiro atoms. The molecule has 0 radical (unpaired) electrons. The summed E-state index contributed by atoms with van der Waals surface area (Å²) in [5, 5.41) is 2.48. The maximum atomic E-state index is 5.87. The van der Waals surface area contributed by atoms with Crippen molar-refractivity contribution in [2.75, 3.05) is 0 Å². The predicted octanol–water partition coefficient (Wildman–Crippen LogP) is 4.32. The molecule has 0 saturated carbocycles. The van der Waals surface area contributed by atoms with Gasteiger partial charge in [0.1, 0.15) is 12.2 Å². The lowest BCUT2D eigenvalue weighted by atomic mass is 9.97. The topological polar surface area (TPSA) is 9.23 Å². The van der Waals surface area contributed by atoms with Crippen molar-refractivity contribution in [1.82, 2.24) is 0 Å². The highest BCUT2D eigenvalue weighted by molar-refractivity contribution is 5.84. The van der Waals surface area contributed by atoms with Crippen molar-refractivity contribution in [3.05, 3.63) is 72.8 Å². The Labute approximate surface area is 101 Å². The Hall–Kier alpha value is -1.86. The molecule has 0 fully saturated rings. The third-order valence-electron chi connectivity index (χ3n) is 3.29. The Morgan fingerprint density at radius 2 is 1.35 bits per heavy atom. The Kier molecular flexibility index (Phi) is 2.34. The van der Waals surface area contributed by atoms with Crippen LogP contribution in [0, 0.1) is 0 Å². The second-order valence-corrected chi connectivity index (χ2v) is 4.28. The van der Waals surface area contributed by atoms with Gasteiger partial charge in [0.15, 0.2) is 0 Å². The molecule has 2 unspecified atom stereocenters. The first-order chi connectivity index (χ1) is 8.33. The normalized spacial score (nSPS) is 22.4. The van der Waals surface area contributed by atoms with E-state index in [1.54, 1.807) is 0 Å². The van der Waals surface area contributed by atoms with Gasteiger partial charge < -0.3 is 4.74 Å². The zero-order valence-corrected chi connectivity index (χ0v) is 9.60. The van der Waals surface area contributed by atoms with E-state index >= 15 is 0 Å². The summed E-state index contributed by atoms with van der Waals surface area (Å²) in [4.78, 5) is 0. The van der Waals surface area contributed by atoms with Gasteiger partial charge in [0.05, 0.1) is 0 Å². The van der Waals surface area contributed by atoms with Gasteiger partial charge in [-0.25, -0.2) is 0 Å². The lowest BCUT2D eigenvalue weighted by molar-refractivity contribution is 0.0678. The van der Waals surface area contributed by atoms with Crippen LogP contribution in [0.4, 0.5) is 0 Å². The minimum atomic E-state index is -0.0161. The largest absolute Gasteiger partial charge is 0.357 e. The highest BCUT2D eigenvalue weighted by Gasteiger charge is 2.28. The molecule has 2 aromatic carbocycles. The van der Waals surface area contributed by atoms with Gasteiger partial charge >= 0.3 is 0 Å². The van der Waals surface area contributed by atoms with Gasteiger partial charge in [-0.15, -0.1) is 13.2 Å². The van der Waals surface area contributed by atoms with Crippen molar-refractivity contribution in [3.8, 4) is 0 Å². The minimum absolute atomic E-state index is 0.0161. The lowest BCUT2D eigenvalue weighted by Crippen LogP contribution is -1.91. The van der Waals surface area contributed by atoms with Gasteiger partial charge in [-0.3, -0.25) is 0 Å². The van der Waals surface area contributed by atoms with E-state index in [1.165, 1.54) is 21.9 Å². The van der Waals surface area contributed by atoms with Crippen molar-refractivity contribution in [2.24, 2.45) is 0 Å². The molecule has 2 atom stereocenters. The molecule has 1 nitrogen and oxygen atoms in total. The fourth-order valence-corrected chi connectivity index (χ4v) is 2.44. The molecule has 0 saturated heterocycles. The first kappa shape index (κ1) is 10.3. The van der Waals surface area contributed by atoms with Gasteiger partial charge in [-0.2, -0.15) is 0 Å². The standard InChI is InChI=1S/C16H14O/c1-3-15-13-9-11-7-5-6-8-12(11)10-14(13)16(4-2)17-15/h3-10,15-16H,1-2H2. The number of hydrogen-bond donors (Lipinski definition) is 0. The lowest BCUT2D eigenvalue weighted by Gasteiger charge is -2.05. The van der Waals surface area contributed by atoms with Crippen LogP contribution in [0.1, 0.15) is 23.3 Å². The highest BCUT2D eigenvalue weighted by Crippen LogP contribution is 2.41. The average molecular weight is 222 g/mol. The van der Waals surface area contributed by atoms with Crippen LogP contribution in [0.15, 0.2) is 61.7 Å². The SMILES string of the molecule is C=CC1OC(C=C)c2cc3ccccc3cc21. The van der Waals surface area contributed by atoms with Gasteiger partial charge in [0.2, 0.25) is 0 Å². The van der Waals surface area contributed by atoms with Crippen LogP contribution in [0.3, 0.4) is 0 Å². The maximum Gasteiger partial charge on any atom is 0.102 e. The third kappa shape index (κ3) is 1.51. The molecule has 84 valence electrons. The first-order valence-electron chi connectivity index (χ1n) is 5.76. The second-order valence-electron chi connectivity index (χ2n) is 4.28. The van der Waals surface area contributed by atoms with E-state index < -0.39 is 0 Å². The highest BCUT2D eigenvalue weighted by atomic mass is 16.5. The summed E-state index contributed by atoms with van der Waals surface area (Å²) >= 11 is 0. The van der Waals surface area contributed by atoms with Crippen molar-refractivity contribution in [3.63, 3.8) is 0 Å². The van der Waals surface area contributed by atoms with Crippen LogP contribution in [-0.4, -0.2) is 0 Å². The fraction of sp³-hybridized carbons (Fsp3) is 0.125. The summed E-state index contributed by atoms with van der Waals surface area (Å²) in [5.74, 6) is 0. The number of benzene rings is 2.